The Morgan fingerprint density at radius 1 is 1.11 bits per heavy atom. The predicted molar refractivity (Wildman–Crippen MR) is 109 cm³/mol. The topological polar surface area (TPSA) is 76.0 Å². The van der Waals surface area contributed by atoms with E-state index >= 15 is 0 Å². The summed E-state index contributed by atoms with van der Waals surface area (Å²) in [4.78, 5) is 28.1. The number of imidazole rings is 1. The van der Waals surface area contributed by atoms with Crippen molar-refractivity contribution in [3.8, 4) is 0 Å². The highest BCUT2D eigenvalue weighted by Gasteiger charge is 2.10. The lowest BCUT2D eigenvalue weighted by Gasteiger charge is -2.11. The fourth-order valence-electron chi connectivity index (χ4n) is 2.97. The SMILES string of the molecule is CC(=O)Nc1cc(C(=O)NCCc2nccn2Cc2ccccc2)ccc1C. The van der Waals surface area contributed by atoms with E-state index in [9.17, 15) is 9.59 Å². The van der Waals surface area contributed by atoms with Gasteiger partial charge < -0.3 is 15.2 Å². The predicted octanol–water partition coefficient (Wildman–Crippen LogP) is 3.17. The summed E-state index contributed by atoms with van der Waals surface area (Å²) in [5, 5.41) is 5.67. The quantitative estimate of drug-likeness (QED) is 0.665. The monoisotopic (exact) mass is 376 g/mol. The number of nitrogens with one attached hydrogen (secondary N) is 2. The fourth-order valence-corrected chi connectivity index (χ4v) is 2.97. The molecule has 3 aromatic rings. The minimum absolute atomic E-state index is 0.161. The van der Waals surface area contributed by atoms with Gasteiger partial charge in [-0.15, -0.1) is 0 Å². The summed E-state index contributed by atoms with van der Waals surface area (Å²) < 4.78 is 2.09. The van der Waals surface area contributed by atoms with Crippen molar-refractivity contribution in [1.82, 2.24) is 14.9 Å². The molecule has 2 aromatic carbocycles. The summed E-state index contributed by atoms with van der Waals surface area (Å²) in [6.45, 7) is 4.57. The second-order valence-corrected chi connectivity index (χ2v) is 6.67. The van der Waals surface area contributed by atoms with Crippen molar-refractivity contribution in [3.05, 3.63) is 83.4 Å². The van der Waals surface area contributed by atoms with Gasteiger partial charge in [-0.25, -0.2) is 4.98 Å². The Morgan fingerprint density at radius 2 is 1.89 bits per heavy atom. The van der Waals surface area contributed by atoms with Crippen LogP contribution in [0.3, 0.4) is 0 Å². The van der Waals surface area contributed by atoms with Gasteiger partial charge in [-0.1, -0.05) is 36.4 Å². The first-order valence-electron chi connectivity index (χ1n) is 9.23. The van der Waals surface area contributed by atoms with Crippen LogP contribution in [0.1, 0.15) is 34.2 Å². The van der Waals surface area contributed by atoms with Crippen molar-refractivity contribution in [3.63, 3.8) is 0 Å². The number of hydrogen-bond donors (Lipinski definition) is 2. The van der Waals surface area contributed by atoms with Gasteiger partial charge in [-0.05, 0) is 30.2 Å². The molecule has 2 N–H and O–H groups in total. The molecule has 0 fully saturated rings. The molecule has 3 rings (SSSR count). The first-order chi connectivity index (χ1) is 13.5. The van der Waals surface area contributed by atoms with Crippen LogP contribution < -0.4 is 10.6 Å². The zero-order valence-corrected chi connectivity index (χ0v) is 16.1. The summed E-state index contributed by atoms with van der Waals surface area (Å²) in [6, 6.07) is 15.5. The molecule has 2 amide bonds. The van der Waals surface area contributed by atoms with Crippen molar-refractivity contribution in [2.75, 3.05) is 11.9 Å². The summed E-state index contributed by atoms with van der Waals surface area (Å²) in [5.74, 6) is 0.589. The minimum atomic E-state index is -0.173. The average Bonchev–Trinajstić information content (AvgIpc) is 3.11. The van der Waals surface area contributed by atoms with Crippen molar-refractivity contribution in [2.45, 2.75) is 26.8 Å². The lowest BCUT2D eigenvalue weighted by atomic mass is 10.1. The number of rotatable bonds is 7. The Labute approximate surface area is 164 Å². The highest BCUT2D eigenvalue weighted by molar-refractivity contribution is 5.97. The van der Waals surface area contributed by atoms with Crippen molar-refractivity contribution in [2.24, 2.45) is 0 Å². The molecule has 6 heteroatoms. The molecule has 0 spiro atoms. The largest absolute Gasteiger partial charge is 0.352 e. The molecule has 0 atom stereocenters. The normalized spacial score (nSPS) is 10.5. The third kappa shape index (κ3) is 5.07. The number of anilines is 1. The van der Waals surface area contributed by atoms with Gasteiger partial charge in [-0.3, -0.25) is 9.59 Å². The van der Waals surface area contributed by atoms with Crippen molar-refractivity contribution >= 4 is 17.5 Å². The Balaban J connectivity index is 1.58. The highest BCUT2D eigenvalue weighted by Crippen LogP contribution is 2.17. The lowest BCUT2D eigenvalue weighted by Crippen LogP contribution is -2.26. The molecule has 28 heavy (non-hydrogen) atoms. The Morgan fingerprint density at radius 3 is 2.64 bits per heavy atom. The van der Waals surface area contributed by atoms with E-state index in [4.69, 9.17) is 0 Å². The molecule has 0 saturated heterocycles. The van der Waals surface area contributed by atoms with E-state index < -0.39 is 0 Å². The molecule has 1 aromatic heterocycles. The van der Waals surface area contributed by atoms with Crippen molar-refractivity contribution < 1.29 is 9.59 Å². The van der Waals surface area contributed by atoms with Gasteiger partial charge in [0.25, 0.3) is 5.91 Å². The van der Waals surface area contributed by atoms with Crippen LogP contribution in [0.25, 0.3) is 0 Å². The fraction of sp³-hybridized carbons (Fsp3) is 0.227. The summed E-state index contributed by atoms with van der Waals surface area (Å²) in [6.07, 6.45) is 4.36. The van der Waals surface area contributed by atoms with Crippen LogP contribution >= 0.6 is 0 Å². The number of aromatic nitrogens is 2. The second-order valence-electron chi connectivity index (χ2n) is 6.67. The molecule has 0 aliphatic carbocycles. The molecule has 6 nitrogen and oxygen atoms in total. The number of carbonyl (C=O) groups excluding carboxylic acids is 2. The molecular weight excluding hydrogens is 352 g/mol. The van der Waals surface area contributed by atoms with Crippen molar-refractivity contribution in [1.29, 1.82) is 0 Å². The molecule has 0 aliphatic heterocycles. The van der Waals surface area contributed by atoms with Gasteiger partial charge in [0, 0.05) is 50.1 Å². The van der Waals surface area contributed by atoms with Gasteiger partial charge in [0.1, 0.15) is 5.82 Å². The van der Waals surface area contributed by atoms with E-state index in [0.717, 1.165) is 17.9 Å². The van der Waals surface area contributed by atoms with Crippen LogP contribution in [0.2, 0.25) is 0 Å². The molecule has 1 heterocycles. The van der Waals surface area contributed by atoms with Gasteiger partial charge in [0.2, 0.25) is 5.91 Å². The molecular formula is C22H24N4O2. The van der Waals surface area contributed by atoms with E-state index in [1.54, 1.807) is 18.3 Å². The molecule has 0 bridgehead atoms. The van der Waals surface area contributed by atoms with E-state index in [2.05, 4.69) is 32.3 Å². The smallest absolute Gasteiger partial charge is 0.251 e. The Hall–Kier alpha value is -3.41. The molecule has 0 radical (unpaired) electrons. The number of aryl methyl sites for hydroxylation is 1. The summed E-state index contributed by atoms with van der Waals surface area (Å²) in [5.41, 5.74) is 3.28. The molecule has 0 aliphatic rings. The van der Waals surface area contributed by atoms with Crippen LogP contribution in [-0.2, 0) is 17.8 Å². The first kappa shape index (κ1) is 19.4. The Kier molecular flexibility index (Phi) is 6.22. The van der Waals surface area contributed by atoms with Gasteiger partial charge in [0.15, 0.2) is 0 Å². The number of hydrogen-bond acceptors (Lipinski definition) is 3. The lowest BCUT2D eigenvalue weighted by molar-refractivity contribution is -0.114. The van der Waals surface area contributed by atoms with Crippen LogP contribution in [-0.4, -0.2) is 27.9 Å². The third-order valence-corrected chi connectivity index (χ3v) is 4.44. The third-order valence-electron chi connectivity index (χ3n) is 4.44. The minimum Gasteiger partial charge on any atom is -0.352 e. The molecule has 0 unspecified atom stereocenters. The van der Waals surface area contributed by atoms with E-state index in [1.807, 2.05) is 37.4 Å². The molecule has 144 valence electrons. The van der Waals surface area contributed by atoms with E-state index in [-0.39, 0.29) is 11.8 Å². The highest BCUT2D eigenvalue weighted by atomic mass is 16.2. The van der Waals surface area contributed by atoms with Crippen LogP contribution in [0.4, 0.5) is 5.69 Å². The van der Waals surface area contributed by atoms with Crippen LogP contribution in [0, 0.1) is 6.92 Å². The van der Waals surface area contributed by atoms with Gasteiger partial charge in [-0.2, -0.15) is 0 Å². The number of carbonyl (C=O) groups is 2. The van der Waals surface area contributed by atoms with Crippen LogP contribution in [0.15, 0.2) is 60.9 Å². The average molecular weight is 376 g/mol. The summed E-state index contributed by atoms with van der Waals surface area (Å²) >= 11 is 0. The molecule has 0 saturated carbocycles. The zero-order chi connectivity index (χ0) is 19.9. The summed E-state index contributed by atoms with van der Waals surface area (Å²) in [7, 11) is 0. The van der Waals surface area contributed by atoms with E-state index in [0.29, 0.717) is 24.2 Å². The maximum absolute atomic E-state index is 12.4. The van der Waals surface area contributed by atoms with Gasteiger partial charge in [0.05, 0.1) is 0 Å². The number of nitrogens with zero attached hydrogens (tertiary/aromatic N) is 2. The van der Waals surface area contributed by atoms with E-state index in [1.165, 1.54) is 12.5 Å². The second kappa shape index (κ2) is 8.99. The zero-order valence-electron chi connectivity index (χ0n) is 16.1. The Bertz CT molecular complexity index is 964. The van der Waals surface area contributed by atoms with Gasteiger partial charge >= 0.3 is 0 Å². The standard InChI is InChI=1S/C22H24N4O2/c1-16-8-9-19(14-20(16)25-17(2)27)22(28)24-11-10-21-23-12-13-26(21)15-18-6-4-3-5-7-18/h3-9,12-14H,10-11,15H2,1-2H3,(H,24,28)(H,25,27). The maximum atomic E-state index is 12.4. The van der Waals surface area contributed by atoms with Crippen LogP contribution in [0.5, 0.6) is 0 Å². The number of amides is 2. The number of benzene rings is 2. The first-order valence-corrected chi connectivity index (χ1v) is 9.23. The maximum Gasteiger partial charge on any atom is 0.251 e.